The van der Waals surface area contributed by atoms with Gasteiger partial charge in [0, 0.05) is 37.6 Å². The predicted molar refractivity (Wildman–Crippen MR) is 128 cm³/mol. The molecule has 1 aromatic heterocycles. The van der Waals surface area contributed by atoms with Crippen molar-refractivity contribution >= 4 is 40.8 Å². The van der Waals surface area contributed by atoms with Crippen LogP contribution >= 0.6 is 11.6 Å². The molecule has 0 unspecified atom stereocenters. The van der Waals surface area contributed by atoms with E-state index in [1.165, 1.54) is 6.07 Å². The summed E-state index contributed by atoms with van der Waals surface area (Å²) in [6.45, 7) is 2.85. The number of carbonyl (C=O) groups excluding carboxylic acids is 2. The van der Waals surface area contributed by atoms with Crippen LogP contribution in [-0.4, -0.2) is 48.1 Å². The third-order valence-electron chi connectivity index (χ3n) is 5.36. The van der Waals surface area contributed by atoms with Gasteiger partial charge in [-0.1, -0.05) is 41.9 Å². The smallest absolute Gasteiger partial charge is 0.410 e. The van der Waals surface area contributed by atoms with E-state index in [0.29, 0.717) is 32.0 Å². The lowest BCUT2D eigenvalue weighted by molar-refractivity contribution is 0.0941. The van der Waals surface area contributed by atoms with Gasteiger partial charge in [0.1, 0.15) is 17.6 Å². The number of piperazine rings is 1. The molecule has 0 bridgehead atoms. The molecule has 1 fully saturated rings. The number of hydrogen-bond donors (Lipinski definition) is 2. The molecule has 0 aliphatic carbocycles. The average Bonchev–Trinajstić information content (AvgIpc) is 2.84. The molecule has 1 aliphatic rings. The first-order chi connectivity index (χ1) is 16.0. The molecule has 1 aliphatic heterocycles. The Balaban J connectivity index is 1.31. The molecule has 8 nitrogen and oxygen atoms in total. The largest absolute Gasteiger partial charge is 0.445 e. The number of nitrogens with two attached hydrogens (primary N) is 1. The minimum atomic E-state index is -0.585. The van der Waals surface area contributed by atoms with Gasteiger partial charge in [0.25, 0.3) is 5.91 Å². The Kier molecular flexibility index (Phi) is 6.95. The van der Waals surface area contributed by atoms with Crippen LogP contribution in [-0.2, 0) is 11.3 Å². The standard InChI is InChI=1S/C24H24ClN5O3/c25-21-11-10-20(22(26)31)23(28-21)27-18-6-8-19(9-7-18)29-12-14-30(15-13-29)24(32)33-16-17-4-2-1-3-5-17/h1-11H,12-16H2,(H2,26,31)(H,27,28). The summed E-state index contributed by atoms with van der Waals surface area (Å²) in [4.78, 5) is 32.1. The Hall–Kier alpha value is -3.78. The molecule has 2 aromatic carbocycles. The van der Waals surface area contributed by atoms with Gasteiger partial charge in [0.15, 0.2) is 0 Å². The summed E-state index contributed by atoms with van der Waals surface area (Å²) in [5, 5.41) is 3.35. The van der Waals surface area contributed by atoms with E-state index in [0.717, 1.165) is 16.9 Å². The van der Waals surface area contributed by atoms with E-state index < -0.39 is 5.91 Å². The van der Waals surface area contributed by atoms with E-state index >= 15 is 0 Å². The zero-order chi connectivity index (χ0) is 23.2. The summed E-state index contributed by atoms with van der Waals surface area (Å²) >= 11 is 5.95. The van der Waals surface area contributed by atoms with Gasteiger partial charge in [-0.2, -0.15) is 0 Å². The van der Waals surface area contributed by atoms with Crippen molar-refractivity contribution in [2.45, 2.75) is 6.61 Å². The number of nitrogens with one attached hydrogen (secondary N) is 1. The maximum Gasteiger partial charge on any atom is 0.410 e. The molecule has 3 aromatic rings. The number of ether oxygens (including phenoxy) is 1. The van der Waals surface area contributed by atoms with Crippen molar-refractivity contribution in [3.05, 3.63) is 83.0 Å². The summed E-state index contributed by atoms with van der Waals surface area (Å²) in [5.74, 6) is -0.274. The van der Waals surface area contributed by atoms with Gasteiger partial charge in [-0.05, 0) is 42.0 Å². The van der Waals surface area contributed by atoms with Gasteiger partial charge in [-0.25, -0.2) is 9.78 Å². The van der Waals surface area contributed by atoms with Crippen molar-refractivity contribution in [3.63, 3.8) is 0 Å². The summed E-state index contributed by atoms with van der Waals surface area (Å²) in [7, 11) is 0. The SMILES string of the molecule is NC(=O)c1ccc(Cl)nc1Nc1ccc(N2CCN(C(=O)OCc3ccccc3)CC2)cc1. The second-order valence-electron chi connectivity index (χ2n) is 7.58. The Morgan fingerprint density at radius 3 is 2.33 bits per heavy atom. The van der Waals surface area contributed by atoms with Crippen LogP contribution in [0.5, 0.6) is 0 Å². The zero-order valence-electron chi connectivity index (χ0n) is 17.9. The molecule has 0 atom stereocenters. The number of nitrogens with zero attached hydrogens (tertiary/aromatic N) is 3. The normalized spacial score (nSPS) is 13.5. The number of halogens is 1. The number of aromatic nitrogens is 1. The van der Waals surface area contributed by atoms with Crippen molar-refractivity contribution < 1.29 is 14.3 Å². The maximum absolute atomic E-state index is 12.4. The van der Waals surface area contributed by atoms with Crippen LogP contribution in [0.15, 0.2) is 66.7 Å². The van der Waals surface area contributed by atoms with E-state index in [-0.39, 0.29) is 23.4 Å². The molecule has 3 N–H and O–H groups in total. The molecule has 0 spiro atoms. The lowest BCUT2D eigenvalue weighted by Crippen LogP contribution is -2.48. The zero-order valence-corrected chi connectivity index (χ0v) is 18.7. The summed E-state index contributed by atoms with van der Waals surface area (Å²) in [5.41, 5.74) is 8.43. The van der Waals surface area contributed by atoms with Gasteiger partial charge < -0.3 is 25.6 Å². The Morgan fingerprint density at radius 1 is 0.970 bits per heavy atom. The van der Waals surface area contributed by atoms with Gasteiger partial charge in [0.2, 0.25) is 0 Å². The highest BCUT2D eigenvalue weighted by Crippen LogP contribution is 2.24. The van der Waals surface area contributed by atoms with Crippen molar-refractivity contribution in [3.8, 4) is 0 Å². The van der Waals surface area contributed by atoms with E-state index in [9.17, 15) is 9.59 Å². The maximum atomic E-state index is 12.4. The first-order valence-electron chi connectivity index (χ1n) is 10.5. The van der Waals surface area contributed by atoms with Gasteiger partial charge in [-0.15, -0.1) is 0 Å². The minimum Gasteiger partial charge on any atom is -0.445 e. The van der Waals surface area contributed by atoms with Crippen LogP contribution in [0.25, 0.3) is 0 Å². The number of anilines is 3. The molecule has 4 rings (SSSR count). The molecule has 2 amide bonds. The van der Waals surface area contributed by atoms with E-state index in [1.54, 1.807) is 11.0 Å². The molecular weight excluding hydrogens is 442 g/mol. The van der Waals surface area contributed by atoms with Crippen LogP contribution < -0.4 is 16.0 Å². The fraction of sp³-hybridized carbons (Fsp3) is 0.208. The first kappa shape index (κ1) is 22.4. The van der Waals surface area contributed by atoms with E-state index in [2.05, 4.69) is 15.2 Å². The molecule has 2 heterocycles. The molecule has 170 valence electrons. The second-order valence-corrected chi connectivity index (χ2v) is 7.97. The third-order valence-corrected chi connectivity index (χ3v) is 5.58. The lowest BCUT2D eigenvalue weighted by atomic mass is 10.2. The van der Waals surface area contributed by atoms with Crippen LogP contribution in [0.1, 0.15) is 15.9 Å². The number of pyridine rings is 1. The number of primary amides is 1. The number of benzene rings is 2. The van der Waals surface area contributed by atoms with Crippen LogP contribution in [0.2, 0.25) is 5.15 Å². The average molecular weight is 466 g/mol. The van der Waals surface area contributed by atoms with Gasteiger partial charge >= 0.3 is 6.09 Å². The van der Waals surface area contributed by atoms with Crippen LogP contribution in [0, 0.1) is 0 Å². The van der Waals surface area contributed by atoms with Crippen molar-refractivity contribution in [1.82, 2.24) is 9.88 Å². The summed E-state index contributed by atoms with van der Waals surface area (Å²) in [6, 6.07) is 20.4. The van der Waals surface area contributed by atoms with Crippen LogP contribution in [0.3, 0.4) is 0 Å². The fourth-order valence-corrected chi connectivity index (χ4v) is 3.73. The Bertz CT molecular complexity index is 1120. The third kappa shape index (κ3) is 5.72. The molecule has 0 radical (unpaired) electrons. The van der Waals surface area contributed by atoms with E-state index in [1.807, 2.05) is 54.6 Å². The first-order valence-corrected chi connectivity index (χ1v) is 10.9. The van der Waals surface area contributed by atoms with Crippen LogP contribution in [0.4, 0.5) is 22.0 Å². The number of amides is 2. The van der Waals surface area contributed by atoms with Gasteiger partial charge in [0.05, 0.1) is 5.56 Å². The molecule has 0 saturated carbocycles. The predicted octanol–water partition coefficient (Wildman–Crippen LogP) is 4.04. The van der Waals surface area contributed by atoms with Gasteiger partial charge in [-0.3, -0.25) is 4.79 Å². The molecule has 9 heteroatoms. The second kappa shape index (κ2) is 10.2. The molecule has 1 saturated heterocycles. The highest BCUT2D eigenvalue weighted by Gasteiger charge is 2.22. The van der Waals surface area contributed by atoms with Crippen molar-refractivity contribution in [2.24, 2.45) is 5.73 Å². The fourth-order valence-electron chi connectivity index (χ4n) is 3.58. The van der Waals surface area contributed by atoms with Crippen molar-refractivity contribution in [1.29, 1.82) is 0 Å². The topological polar surface area (TPSA) is 101 Å². The quantitative estimate of drug-likeness (QED) is 0.533. The summed E-state index contributed by atoms with van der Waals surface area (Å²) in [6.07, 6.45) is -0.294. The lowest BCUT2D eigenvalue weighted by Gasteiger charge is -2.35. The van der Waals surface area contributed by atoms with E-state index in [4.69, 9.17) is 22.1 Å². The molecular formula is C24H24ClN5O3. The Labute approximate surface area is 196 Å². The summed E-state index contributed by atoms with van der Waals surface area (Å²) < 4.78 is 5.43. The highest BCUT2D eigenvalue weighted by molar-refractivity contribution is 6.29. The monoisotopic (exact) mass is 465 g/mol. The number of rotatable bonds is 6. The van der Waals surface area contributed by atoms with Crippen molar-refractivity contribution in [2.75, 3.05) is 36.4 Å². The Morgan fingerprint density at radius 2 is 1.67 bits per heavy atom. The number of carbonyl (C=O) groups is 2. The minimum absolute atomic E-state index is 0.263. The highest BCUT2D eigenvalue weighted by atomic mass is 35.5. The molecule has 33 heavy (non-hydrogen) atoms. The number of hydrogen-bond acceptors (Lipinski definition) is 6.